The lowest BCUT2D eigenvalue weighted by Crippen LogP contribution is -2.22. The normalized spacial score (nSPS) is 11.2. The van der Waals surface area contributed by atoms with E-state index in [9.17, 15) is 15.0 Å². The van der Waals surface area contributed by atoms with Crippen molar-refractivity contribution in [1.82, 2.24) is 30.6 Å². The van der Waals surface area contributed by atoms with Crippen LogP contribution in [-0.4, -0.2) is 55.8 Å². The van der Waals surface area contributed by atoms with Crippen LogP contribution in [0.3, 0.4) is 0 Å². The van der Waals surface area contributed by atoms with Crippen molar-refractivity contribution in [3.05, 3.63) is 108 Å². The summed E-state index contributed by atoms with van der Waals surface area (Å²) in [6, 6.07) is 22.2. The SMILES string of the molecule is Cc1ccccc1-c1ccc(Nc2nccc3ccc(CNCCO)nc23)c(Nc2nc3cnccc3cc2CNCC(=O)O)c1C. The van der Waals surface area contributed by atoms with Crippen LogP contribution in [0.25, 0.3) is 32.9 Å². The van der Waals surface area contributed by atoms with Crippen molar-refractivity contribution < 1.29 is 15.0 Å². The summed E-state index contributed by atoms with van der Waals surface area (Å²) in [5.41, 5.74) is 8.94. The second kappa shape index (κ2) is 14.3. The van der Waals surface area contributed by atoms with Crippen LogP contribution in [0.15, 0.2) is 85.3 Å². The van der Waals surface area contributed by atoms with E-state index in [0.29, 0.717) is 36.8 Å². The van der Waals surface area contributed by atoms with E-state index in [1.54, 1.807) is 18.6 Å². The number of carboxylic acid groups (broad SMARTS) is 1. The van der Waals surface area contributed by atoms with Crippen molar-refractivity contribution in [3.8, 4) is 11.1 Å². The van der Waals surface area contributed by atoms with Crippen molar-refractivity contribution in [1.29, 1.82) is 0 Å². The number of aliphatic carboxylic acids is 1. The zero-order chi connectivity index (χ0) is 32.8. The molecule has 0 atom stereocenters. The van der Waals surface area contributed by atoms with Gasteiger partial charge in [0.25, 0.3) is 0 Å². The number of carbonyl (C=O) groups is 1. The van der Waals surface area contributed by atoms with Gasteiger partial charge in [-0.15, -0.1) is 0 Å². The van der Waals surface area contributed by atoms with Crippen molar-refractivity contribution in [2.45, 2.75) is 26.9 Å². The second-order valence-electron chi connectivity index (χ2n) is 11.2. The Kier molecular flexibility index (Phi) is 9.58. The lowest BCUT2D eigenvalue weighted by Gasteiger charge is -2.21. The molecular weight excluding hydrogens is 592 g/mol. The van der Waals surface area contributed by atoms with Crippen LogP contribution in [0, 0.1) is 13.8 Å². The maximum atomic E-state index is 11.3. The van der Waals surface area contributed by atoms with Crippen LogP contribution in [0.2, 0.25) is 0 Å². The van der Waals surface area contributed by atoms with Gasteiger partial charge >= 0.3 is 5.97 Å². The van der Waals surface area contributed by atoms with Crippen LogP contribution >= 0.6 is 0 Å². The third-order valence-electron chi connectivity index (χ3n) is 7.95. The van der Waals surface area contributed by atoms with E-state index in [2.05, 4.69) is 63.3 Å². The molecule has 11 heteroatoms. The molecule has 4 aromatic heterocycles. The molecule has 0 spiro atoms. The number of rotatable bonds is 13. The Morgan fingerprint density at radius 2 is 1.68 bits per heavy atom. The van der Waals surface area contributed by atoms with Crippen molar-refractivity contribution in [3.63, 3.8) is 0 Å². The molecule has 11 nitrogen and oxygen atoms in total. The Hall–Kier alpha value is -5.49. The number of aliphatic hydroxyl groups is 1. The Bertz CT molecular complexity index is 2070. The number of anilines is 4. The van der Waals surface area contributed by atoms with E-state index < -0.39 is 5.97 Å². The van der Waals surface area contributed by atoms with Gasteiger partial charge in [0.2, 0.25) is 0 Å². The molecular formula is C36H36N8O3. The van der Waals surface area contributed by atoms with Crippen LogP contribution in [0.1, 0.15) is 22.4 Å². The highest BCUT2D eigenvalue weighted by molar-refractivity contribution is 5.94. The molecule has 0 aliphatic heterocycles. The molecule has 4 heterocycles. The molecule has 6 rings (SSSR count). The highest BCUT2D eigenvalue weighted by Crippen LogP contribution is 2.39. The number of carboxylic acids is 1. The third kappa shape index (κ3) is 7.17. The monoisotopic (exact) mass is 628 g/mol. The fourth-order valence-electron chi connectivity index (χ4n) is 5.57. The Labute approximate surface area is 272 Å². The summed E-state index contributed by atoms with van der Waals surface area (Å²) in [5.74, 6) is 0.239. The third-order valence-corrected chi connectivity index (χ3v) is 7.95. The largest absolute Gasteiger partial charge is 0.480 e. The first-order valence-electron chi connectivity index (χ1n) is 15.4. The summed E-state index contributed by atoms with van der Waals surface area (Å²) < 4.78 is 0. The van der Waals surface area contributed by atoms with Gasteiger partial charge in [-0.3, -0.25) is 9.78 Å². The highest BCUT2D eigenvalue weighted by Gasteiger charge is 2.18. The standard InChI is InChI=1S/C36H36N8O3/c1-22-5-3-4-6-28(22)29-9-10-30(42-36-34-24(12-14-40-36)7-8-27(41-34)19-38-15-16-45)33(23(29)2)44-35-26(18-39-21-32(46)47)17-25-11-13-37-20-31(25)43-35/h3-14,17,20,38-39,45H,15-16,18-19,21H2,1-2H3,(H,40,42)(H,43,44)(H,46,47). The summed E-state index contributed by atoms with van der Waals surface area (Å²) in [7, 11) is 0. The number of hydrogen-bond acceptors (Lipinski definition) is 10. The van der Waals surface area contributed by atoms with E-state index in [4.69, 9.17) is 9.97 Å². The number of pyridine rings is 4. The summed E-state index contributed by atoms with van der Waals surface area (Å²) in [6.07, 6.45) is 5.17. The van der Waals surface area contributed by atoms with Crippen molar-refractivity contribution in [2.24, 2.45) is 0 Å². The minimum atomic E-state index is -0.936. The van der Waals surface area contributed by atoms with Gasteiger partial charge < -0.3 is 31.5 Å². The van der Waals surface area contributed by atoms with E-state index in [-0.39, 0.29) is 13.2 Å². The number of aliphatic hydroxyl groups excluding tert-OH is 1. The van der Waals surface area contributed by atoms with Crippen molar-refractivity contribution in [2.75, 3.05) is 30.3 Å². The van der Waals surface area contributed by atoms with Gasteiger partial charge in [0, 0.05) is 48.4 Å². The first kappa shape index (κ1) is 31.5. The lowest BCUT2D eigenvalue weighted by atomic mass is 9.94. The number of benzene rings is 2. The maximum absolute atomic E-state index is 11.3. The fourth-order valence-corrected chi connectivity index (χ4v) is 5.57. The topological polar surface area (TPSA) is 157 Å². The van der Waals surface area contributed by atoms with E-state index in [1.807, 2.05) is 48.5 Å². The van der Waals surface area contributed by atoms with Gasteiger partial charge in [-0.05, 0) is 66.4 Å². The number of aryl methyl sites for hydroxylation is 1. The quantitative estimate of drug-likeness (QED) is 0.0885. The Morgan fingerprint density at radius 1 is 0.830 bits per heavy atom. The van der Waals surface area contributed by atoms with Crippen LogP contribution in [0.5, 0.6) is 0 Å². The van der Waals surface area contributed by atoms with Crippen molar-refractivity contribution >= 4 is 50.8 Å². The average Bonchev–Trinajstić information content (AvgIpc) is 3.07. The fraction of sp³-hybridized carbons (Fsp3) is 0.194. The zero-order valence-electron chi connectivity index (χ0n) is 26.2. The van der Waals surface area contributed by atoms with Gasteiger partial charge in [0.1, 0.15) is 11.3 Å². The molecule has 0 bridgehead atoms. The summed E-state index contributed by atoms with van der Waals surface area (Å²) in [6.45, 7) is 5.32. The molecule has 0 radical (unpaired) electrons. The first-order chi connectivity index (χ1) is 22.9. The molecule has 6 aromatic rings. The van der Waals surface area contributed by atoms with Gasteiger partial charge in [0.15, 0.2) is 5.82 Å². The predicted octanol–water partition coefficient (Wildman–Crippen LogP) is 5.60. The minimum Gasteiger partial charge on any atom is -0.480 e. The Morgan fingerprint density at radius 3 is 2.51 bits per heavy atom. The van der Waals surface area contributed by atoms with Crippen LogP contribution in [0.4, 0.5) is 23.0 Å². The smallest absolute Gasteiger partial charge is 0.317 e. The molecule has 238 valence electrons. The average molecular weight is 629 g/mol. The lowest BCUT2D eigenvalue weighted by molar-refractivity contribution is -0.136. The molecule has 0 saturated carbocycles. The van der Waals surface area contributed by atoms with Crippen LogP contribution in [-0.2, 0) is 17.9 Å². The Balaban J connectivity index is 1.46. The van der Waals surface area contributed by atoms with Gasteiger partial charge in [0.05, 0.1) is 41.9 Å². The first-order valence-corrected chi connectivity index (χ1v) is 15.4. The molecule has 0 unspecified atom stereocenters. The second-order valence-corrected chi connectivity index (χ2v) is 11.2. The minimum absolute atomic E-state index is 0.0511. The van der Waals surface area contributed by atoms with Crippen LogP contribution < -0.4 is 21.3 Å². The van der Waals surface area contributed by atoms with E-state index >= 15 is 0 Å². The molecule has 2 aromatic carbocycles. The molecule has 0 amide bonds. The number of nitrogens with one attached hydrogen (secondary N) is 4. The number of nitrogens with zero attached hydrogens (tertiary/aromatic N) is 4. The number of fused-ring (bicyclic) bond motifs is 2. The summed E-state index contributed by atoms with van der Waals surface area (Å²) >= 11 is 0. The molecule has 47 heavy (non-hydrogen) atoms. The summed E-state index contributed by atoms with van der Waals surface area (Å²) in [5, 5.41) is 33.6. The maximum Gasteiger partial charge on any atom is 0.317 e. The van der Waals surface area contributed by atoms with Gasteiger partial charge in [-0.25, -0.2) is 15.0 Å². The van der Waals surface area contributed by atoms with E-state index in [1.165, 1.54) is 0 Å². The number of hydrogen-bond donors (Lipinski definition) is 6. The molecule has 0 aliphatic carbocycles. The van der Waals surface area contributed by atoms with Gasteiger partial charge in [-0.1, -0.05) is 36.4 Å². The molecule has 6 N–H and O–H groups in total. The predicted molar refractivity (Wildman–Crippen MR) is 185 cm³/mol. The number of aromatic nitrogens is 4. The zero-order valence-corrected chi connectivity index (χ0v) is 26.2. The summed E-state index contributed by atoms with van der Waals surface area (Å²) in [4.78, 5) is 30.0. The molecule has 0 fully saturated rings. The molecule has 0 saturated heterocycles. The molecule has 0 aliphatic rings. The van der Waals surface area contributed by atoms with Gasteiger partial charge in [-0.2, -0.15) is 0 Å². The highest BCUT2D eigenvalue weighted by atomic mass is 16.4. The van der Waals surface area contributed by atoms with E-state index in [0.717, 1.165) is 61.2 Å².